The van der Waals surface area contributed by atoms with Crippen LogP contribution in [0.5, 0.6) is 5.75 Å². The number of ether oxygens (including phenoxy) is 1. The van der Waals surface area contributed by atoms with Crippen LogP contribution < -0.4 is 9.64 Å². The molecule has 1 amide bonds. The number of benzene rings is 2. The van der Waals surface area contributed by atoms with Gasteiger partial charge in [-0.15, -0.1) is 0 Å². The van der Waals surface area contributed by atoms with Gasteiger partial charge in [0.2, 0.25) is 5.91 Å². The largest absolute Gasteiger partial charge is 0.485 e. The lowest BCUT2D eigenvalue weighted by Gasteiger charge is -2.37. The van der Waals surface area contributed by atoms with E-state index in [0.717, 1.165) is 24.5 Å². The van der Waals surface area contributed by atoms with Crippen molar-refractivity contribution in [2.45, 2.75) is 19.4 Å². The van der Waals surface area contributed by atoms with Crippen LogP contribution in [0.3, 0.4) is 0 Å². The molecule has 0 N–H and O–H groups in total. The summed E-state index contributed by atoms with van der Waals surface area (Å²) in [4.78, 5) is 16.4. The van der Waals surface area contributed by atoms with E-state index in [1.807, 2.05) is 24.3 Å². The zero-order valence-corrected chi connectivity index (χ0v) is 14.6. The van der Waals surface area contributed by atoms with Crippen LogP contribution in [0, 0.1) is 5.82 Å². The van der Waals surface area contributed by atoms with Gasteiger partial charge in [-0.1, -0.05) is 24.3 Å². The average Bonchev–Trinajstić information content (AvgIpc) is 2.61. The van der Waals surface area contributed by atoms with E-state index in [4.69, 9.17) is 4.74 Å². The number of anilines is 1. The van der Waals surface area contributed by atoms with Crippen molar-refractivity contribution < 1.29 is 13.9 Å². The minimum atomic E-state index is -0.321. The third-order valence-electron chi connectivity index (χ3n) is 4.45. The third kappa shape index (κ3) is 4.10. The van der Waals surface area contributed by atoms with Crippen molar-refractivity contribution in [2.75, 3.05) is 31.6 Å². The summed E-state index contributed by atoms with van der Waals surface area (Å²) in [6, 6.07) is 14.1. The van der Waals surface area contributed by atoms with Crippen molar-refractivity contribution in [3.05, 3.63) is 59.9 Å². The van der Waals surface area contributed by atoms with E-state index in [9.17, 15) is 9.18 Å². The number of carbonyl (C=O) groups excluding carboxylic acids is 1. The first kappa shape index (κ1) is 17.3. The summed E-state index contributed by atoms with van der Waals surface area (Å²) in [6.45, 7) is 4.24. The summed E-state index contributed by atoms with van der Waals surface area (Å²) in [5.41, 5.74) is 1.77. The molecule has 0 fully saturated rings. The van der Waals surface area contributed by atoms with Crippen molar-refractivity contribution in [3.63, 3.8) is 0 Å². The maximum atomic E-state index is 13.3. The van der Waals surface area contributed by atoms with Gasteiger partial charge in [0, 0.05) is 13.6 Å². The van der Waals surface area contributed by atoms with Gasteiger partial charge < -0.3 is 14.5 Å². The number of fused-ring (bicyclic) bond motifs is 1. The summed E-state index contributed by atoms with van der Waals surface area (Å²) in [5.74, 6) is 0.487. The van der Waals surface area contributed by atoms with Gasteiger partial charge in [-0.3, -0.25) is 4.79 Å². The molecule has 0 unspecified atom stereocenters. The Morgan fingerprint density at radius 2 is 2.08 bits per heavy atom. The molecule has 1 heterocycles. The lowest BCUT2D eigenvalue weighted by Crippen LogP contribution is -2.47. The summed E-state index contributed by atoms with van der Waals surface area (Å²) in [5, 5.41) is 0. The lowest BCUT2D eigenvalue weighted by molar-refractivity contribution is -0.130. The normalized spacial score (nSPS) is 16.1. The molecule has 1 aliphatic rings. The van der Waals surface area contributed by atoms with Crippen LogP contribution in [0.15, 0.2) is 48.5 Å². The number of rotatable bonds is 5. The first-order chi connectivity index (χ1) is 12.1. The molecule has 2 aromatic rings. The van der Waals surface area contributed by atoms with E-state index < -0.39 is 0 Å². The molecule has 2 aromatic carbocycles. The zero-order chi connectivity index (χ0) is 17.8. The first-order valence-corrected chi connectivity index (χ1v) is 8.56. The molecule has 0 radical (unpaired) electrons. The minimum Gasteiger partial charge on any atom is -0.485 e. The molecule has 1 aliphatic heterocycles. The number of para-hydroxylation sites is 2. The maximum Gasteiger partial charge on any atom is 0.226 e. The van der Waals surface area contributed by atoms with Crippen molar-refractivity contribution >= 4 is 11.6 Å². The smallest absolute Gasteiger partial charge is 0.226 e. The number of halogens is 1. The Morgan fingerprint density at radius 1 is 1.28 bits per heavy atom. The summed E-state index contributed by atoms with van der Waals surface area (Å²) < 4.78 is 19.3. The summed E-state index contributed by atoms with van der Waals surface area (Å²) in [7, 11) is 1.77. The predicted octanol–water partition coefficient (Wildman–Crippen LogP) is 3.11. The van der Waals surface area contributed by atoms with E-state index >= 15 is 0 Å². The monoisotopic (exact) mass is 342 g/mol. The Labute approximate surface area is 147 Å². The summed E-state index contributed by atoms with van der Waals surface area (Å²) in [6.07, 6.45) is 0.103. The fraction of sp³-hybridized carbons (Fsp3) is 0.350. The highest BCUT2D eigenvalue weighted by Gasteiger charge is 2.26. The van der Waals surface area contributed by atoms with Crippen LogP contribution in [0.2, 0.25) is 0 Å². The van der Waals surface area contributed by atoms with Gasteiger partial charge in [-0.05, 0) is 36.8 Å². The van der Waals surface area contributed by atoms with Crippen LogP contribution in [-0.4, -0.2) is 43.6 Å². The Kier molecular flexibility index (Phi) is 5.22. The first-order valence-electron chi connectivity index (χ1n) is 8.56. The second kappa shape index (κ2) is 7.55. The standard InChI is InChI=1S/C20H23FN2O2/c1-3-23-14-17(25-19-10-5-4-9-18(19)23)13-22(2)20(24)12-15-7-6-8-16(21)11-15/h4-11,17H,3,12-14H2,1-2H3/t17-/m1/s1. The number of hydrogen-bond donors (Lipinski definition) is 0. The quantitative estimate of drug-likeness (QED) is 0.837. The van der Waals surface area contributed by atoms with Gasteiger partial charge >= 0.3 is 0 Å². The zero-order valence-electron chi connectivity index (χ0n) is 14.6. The van der Waals surface area contributed by atoms with Crippen LogP contribution in [0.1, 0.15) is 12.5 Å². The molecule has 0 saturated heterocycles. The fourth-order valence-electron chi connectivity index (χ4n) is 3.14. The van der Waals surface area contributed by atoms with E-state index in [-0.39, 0.29) is 24.2 Å². The van der Waals surface area contributed by atoms with Crippen LogP contribution >= 0.6 is 0 Å². The molecule has 3 rings (SSSR count). The number of likely N-dealkylation sites (N-methyl/N-ethyl adjacent to an activating group) is 2. The van der Waals surface area contributed by atoms with Gasteiger partial charge in [-0.2, -0.15) is 0 Å². The predicted molar refractivity (Wildman–Crippen MR) is 96.5 cm³/mol. The molecule has 132 valence electrons. The third-order valence-corrected chi connectivity index (χ3v) is 4.45. The highest BCUT2D eigenvalue weighted by Crippen LogP contribution is 2.32. The highest BCUT2D eigenvalue weighted by atomic mass is 19.1. The molecule has 1 atom stereocenters. The molecule has 0 aromatic heterocycles. The highest BCUT2D eigenvalue weighted by molar-refractivity contribution is 5.78. The number of amides is 1. The lowest BCUT2D eigenvalue weighted by atomic mass is 10.1. The molecule has 0 saturated carbocycles. The topological polar surface area (TPSA) is 32.8 Å². The van der Waals surface area contributed by atoms with E-state index in [2.05, 4.69) is 11.8 Å². The number of carbonyl (C=O) groups is 1. The molecule has 25 heavy (non-hydrogen) atoms. The second-order valence-corrected chi connectivity index (χ2v) is 6.33. The van der Waals surface area contributed by atoms with Crippen molar-refractivity contribution in [3.8, 4) is 5.75 Å². The SMILES string of the molecule is CCN1C[C@@H](CN(C)C(=O)Cc2cccc(F)c2)Oc2ccccc21. The van der Waals surface area contributed by atoms with Gasteiger partial charge in [0.1, 0.15) is 17.7 Å². The second-order valence-electron chi connectivity index (χ2n) is 6.33. The van der Waals surface area contributed by atoms with Crippen molar-refractivity contribution in [1.29, 1.82) is 0 Å². The minimum absolute atomic E-state index is 0.0453. The van der Waals surface area contributed by atoms with E-state index in [1.165, 1.54) is 12.1 Å². The van der Waals surface area contributed by atoms with Crippen LogP contribution in [-0.2, 0) is 11.2 Å². The van der Waals surface area contributed by atoms with Gasteiger partial charge in [-0.25, -0.2) is 4.39 Å². The molecule has 0 spiro atoms. The van der Waals surface area contributed by atoms with Crippen LogP contribution in [0.25, 0.3) is 0 Å². The molecular weight excluding hydrogens is 319 g/mol. The average molecular weight is 342 g/mol. The number of hydrogen-bond acceptors (Lipinski definition) is 3. The molecule has 0 aliphatic carbocycles. The van der Waals surface area contributed by atoms with Crippen molar-refractivity contribution in [1.82, 2.24) is 4.90 Å². The van der Waals surface area contributed by atoms with Gasteiger partial charge in [0.15, 0.2) is 0 Å². The Bertz CT molecular complexity index is 750. The van der Waals surface area contributed by atoms with Crippen LogP contribution in [0.4, 0.5) is 10.1 Å². The van der Waals surface area contributed by atoms with E-state index in [1.54, 1.807) is 24.1 Å². The Balaban J connectivity index is 1.63. The Morgan fingerprint density at radius 3 is 2.84 bits per heavy atom. The molecular formula is C20H23FN2O2. The number of nitrogens with zero attached hydrogens (tertiary/aromatic N) is 2. The van der Waals surface area contributed by atoms with E-state index in [0.29, 0.717) is 12.1 Å². The van der Waals surface area contributed by atoms with Crippen molar-refractivity contribution in [2.24, 2.45) is 0 Å². The molecule has 0 bridgehead atoms. The van der Waals surface area contributed by atoms with Gasteiger partial charge in [0.25, 0.3) is 0 Å². The summed E-state index contributed by atoms with van der Waals surface area (Å²) >= 11 is 0. The molecule has 4 nitrogen and oxygen atoms in total. The Hall–Kier alpha value is -2.56. The maximum absolute atomic E-state index is 13.3. The van der Waals surface area contributed by atoms with Gasteiger partial charge in [0.05, 0.1) is 25.2 Å². The fourth-order valence-corrected chi connectivity index (χ4v) is 3.14. The molecule has 5 heteroatoms.